The molecule has 1 aromatic carbocycles. The third-order valence-electron chi connectivity index (χ3n) is 1.95. The van der Waals surface area contributed by atoms with E-state index in [4.69, 9.17) is 16.6 Å². The molecule has 0 bridgehead atoms. The van der Waals surface area contributed by atoms with Crippen LogP contribution in [0.25, 0.3) is 11.0 Å². The third kappa shape index (κ3) is 1.31. The number of fused-ring (bicyclic) bond motifs is 1. The molecule has 0 saturated heterocycles. The average Bonchev–Trinajstić information content (AvgIpc) is 2.19. The number of para-hydroxylation sites is 1. The fourth-order valence-corrected chi connectivity index (χ4v) is 1.57. The van der Waals surface area contributed by atoms with Crippen LogP contribution < -0.4 is 5.32 Å². The van der Waals surface area contributed by atoms with Crippen LogP contribution in [-0.4, -0.2) is 7.05 Å². The first-order valence-corrected chi connectivity index (χ1v) is 4.42. The van der Waals surface area contributed by atoms with E-state index in [1.165, 1.54) is 0 Å². The van der Waals surface area contributed by atoms with E-state index in [0.29, 0.717) is 0 Å². The minimum Gasteiger partial charge on any atom is -0.462 e. The minimum atomic E-state index is 0.810. The number of hydrogen-bond donors (Lipinski definition) is 1. The highest BCUT2D eigenvalue weighted by Gasteiger charge is 1.99. The maximum atomic E-state index is 5.39. The quantitative estimate of drug-likeness (QED) is 0.701. The lowest BCUT2D eigenvalue weighted by atomic mass is 10.2. The Morgan fingerprint density at radius 3 is 2.85 bits per heavy atom. The van der Waals surface area contributed by atoms with E-state index in [9.17, 15) is 0 Å². The lowest BCUT2D eigenvalue weighted by Crippen LogP contribution is -1.88. The molecule has 3 heteroatoms. The van der Waals surface area contributed by atoms with E-state index in [1.807, 2.05) is 31.3 Å². The molecule has 0 fully saturated rings. The first-order chi connectivity index (χ1) is 6.33. The van der Waals surface area contributed by atoms with Gasteiger partial charge in [0.25, 0.3) is 0 Å². The molecule has 0 aliphatic heterocycles. The standard InChI is InChI=1S/C10H9NOS/c1-11-8-6-12-9-5-3-2-4-7(9)10(8)13/h2-6,11H,1H3. The lowest BCUT2D eigenvalue weighted by molar-refractivity contribution is 0.605. The highest BCUT2D eigenvalue weighted by Crippen LogP contribution is 2.21. The first kappa shape index (κ1) is 8.26. The third-order valence-corrected chi connectivity index (χ3v) is 2.39. The van der Waals surface area contributed by atoms with Crippen molar-refractivity contribution < 1.29 is 4.42 Å². The van der Waals surface area contributed by atoms with Crippen LogP contribution >= 0.6 is 12.2 Å². The molecule has 0 amide bonds. The number of hydrogen-bond acceptors (Lipinski definition) is 3. The van der Waals surface area contributed by atoms with Gasteiger partial charge in [0.15, 0.2) is 0 Å². The summed E-state index contributed by atoms with van der Waals surface area (Å²) in [5.41, 5.74) is 1.68. The number of nitrogens with one attached hydrogen (secondary N) is 1. The highest BCUT2D eigenvalue weighted by atomic mass is 32.1. The smallest absolute Gasteiger partial charge is 0.135 e. The molecule has 0 saturated carbocycles. The van der Waals surface area contributed by atoms with Crippen molar-refractivity contribution in [2.24, 2.45) is 0 Å². The van der Waals surface area contributed by atoms with E-state index in [0.717, 1.165) is 21.2 Å². The zero-order valence-corrected chi connectivity index (χ0v) is 8.02. The molecular formula is C10H9NOS. The molecule has 2 rings (SSSR count). The average molecular weight is 191 g/mol. The monoisotopic (exact) mass is 191 g/mol. The van der Waals surface area contributed by atoms with Crippen molar-refractivity contribution in [2.75, 3.05) is 12.4 Å². The zero-order chi connectivity index (χ0) is 9.26. The molecule has 0 unspecified atom stereocenters. The summed E-state index contributed by atoms with van der Waals surface area (Å²) < 4.78 is 6.19. The Balaban J connectivity index is 2.87. The van der Waals surface area contributed by atoms with Gasteiger partial charge in [-0.05, 0) is 12.1 Å². The Morgan fingerprint density at radius 2 is 2.08 bits per heavy atom. The predicted octanol–water partition coefficient (Wildman–Crippen LogP) is 3.20. The summed E-state index contributed by atoms with van der Waals surface area (Å²) in [6.07, 6.45) is 1.64. The summed E-state index contributed by atoms with van der Waals surface area (Å²) in [6, 6.07) is 7.75. The van der Waals surface area contributed by atoms with Crippen molar-refractivity contribution in [1.29, 1.82) is 0 Å². The van der Waals surface area contributed by atoms with E-state index in [2.05, 4.69) is 5.32 Å². The fourth-order valence-electron chi connectivity index (χ4n) is 1.25. The predicted molar refractivity (Wildman–Crippen MR) is 56.6 cm³/mol. The van der Waals surface area contributed by atoms with Crippen LogP contribution in [0, 0.1) is 4.51 Å². The van der Waals surface area contributed by atoms with Gasteiger partial charge in [0, 0.05) is 12.4 Å². The molecular weight excluding hydrogens is 182 g/mol. The first-order valence-electron chi connectivity index (χ1n) is 4.01. The molecule has 13 heavy (non-hydrogen) atoms. The van der Waals surface area contributed by atoms with Gasteiger partial charge < -0.3 is 9.73 Å². The Kier molecular flexibility index (Phi) is 2.02. The number of anilines is 1. The number of rotatable bonds is 1. The Hall–Kier alpha value is -1.35. The SMILES string of the molecule is CNc1coc2ccccc2c1=S. The molecule has 2 nitrogen and oxygen atoms in total. The van der Waals surface area contributed by atoms with E-state index < -0.39 is 0 Å². The maximum absolute atomic E-state index is 5.39. The van der Waals surface area contributed by atoms with Crippen LogP contribution in [0.2, 0.25) is 0 Å². The summed E-state index contributed by atoms with van der Waals surface area (Å²) in [5.74, 6) is 0. The molecule has 0 aliphatic rings. The van der Waals surface area contributed by atoms with Gasteiger partial charge in [0.1, 0.15) is 11.8 Å². The molecule has 0 atom stereocenters. The minimum absolute atomic E-state index is 0.810. The maximum Gasteiger partial charge on any atom is 0.135 e. The van der Waals surface area contributed by atoms with E-state index >= 15 is 0 Å². The Morgan fingerprint density at radius 1 is 1.31 bits per heavy atom. The van der Waals surface area contributed by atoms with Crippen molar-refractivity contribution in [1.82, 2.24) is 0 Å². The van der Waals surface area contributed by atoms with Crippen LogP contribution in [0.5, 0.6) is 0 Å². The van der Waals surface area contributed by atoms with Crippen LogP contribution in [0.4, 0.5) is 5.69 Å². The van der Waals surface area contributed by atoms with Crippen molar-refractivity contribution in [3.05, 3.63) is 35.0 Å². The van der Waals surface area contributed by atoms with Gasteiger partial charge in [-0.15, -0.1) is 0 Å². The van der Waals surface area contributed by atoms with Gasteiger partial charge in [-0.2, -0.15) is 0 Å². The molecule has 0 spiro atoms. The highest BCUT2D eigenvalue weighted by molar-refractivity contribution is 7.71. The lowest BCUT2D eigenvalue weighted by Gasteiger charge is -2.01. The van der Waals surface area contributed by atoms with E-state index in [1.54, 1.807) is 6.26 Å². The van der Waals surface area contributed by atoms with Crippen molar-refractivity contribution >= 4 is 28.9 Å². The van der Waals surface area contributed by atoms with Gasteiger partial charge in [-0.3, -0.25) is 0 Å². The molecule has 1 heterocycles. The molecule has 66 valence electrons. The molecule has 1 aromatic heterocycles. The van der Waals surface area contributed by atoms with Crippen molar-refractivity contribution in [3.63, 3.8) is 0 Å². The van der Waals surface area contributed by atoms with Gasteiger partial charge in [-0.1, -0.05) is 24.4 Å². The topological polar surface area (TPSA) is 25.2 Å². The zero-order valence-electron chi connectivity index (χ0n) is 7.20. The van der Waals surface area contributed by atoms with Gasteiger partial charge in [0.2, 0.25) is 0 Å². The van der Waals surface area contributed by atoms with Gasteiger partial charge in [0.05, 0.1) is 10.2 Å². The summed E-state index contributed by atoms with van der Waals surface area (Å²) in [4.78, 5) is 0. The molecule has 0 aliphatic carbocycles. The largest absolute Gasteiger partial charge is 0.462 e. The Labute approximate surface area is 81.2 Å². The fraction of sp³-hybridized carbons (Fsp3) is 0.100. The molecule has 2 aromatic rings. The second-order valence-corrected chi connectivity index (χ2v) is 3.13. The van der Waals surface area contributed by atoms with Crippen molar-refractivity contribution in [3.8, 4) is 0 Å². The summed E-state index contributed by atoms with van der Waals surface area (Å²) in [5, 5.41) is 3.97. The van der Waals surface area contributed by atoms with Crippen LogP contribution in [0.3, 0.4) is 0 Å². The normalized spacial score (nSPS) is 10.2. The van der Waals surface area contributed by atoms with Crippen LogP contribution in [0.15, 0.2) is 34.9 Å². The summed E-state index contributed by atoms with van der Waals surface area (Å²) >= 11 is 5.27. The van der Waals surface area contributed by atoms with Crippen LogP contribution in [0.1, 0.15) is 0 Å². The van der Waals surface area contributed by atoms with Crippen molar-refractivity contribution in [2.45, 2.75) is 0 Å². The second kappa shape index (κ2) is 3.18. The second-order valence-electron chi connectivity index (χ2n) is 2.72. The molecule has 1 N–H and O–H groups in total. The van der Waals surface area contributed by atoms with Gasteiger partial charge in [-0.25, -0.2) is 0 Å². The van der Waals surface area contributed by atoms with E-state index in [-0.39, 0.29) is 0 Å². The van der Waals surface area contributed by atoms with Gasteiger partial charge >= 0.3 is 0 Å². The number of benzene rings is 1. The van der Waals surface area contributed by atoms with Crippen LogP contribution in [-0.2, 0) is 0 Å². The summed E-state index contributed by atoms with van der Waals surface area (Å²) in [7, 11) is 1.83. The summed E-state index contributed by atoms with van der Waals surface area (Å²) in [6.45, 7) is 0. The molecule has 0 radical (unpaired) electrons. The Bertz CT molecular complexity index is 489.